The molecule has 1 saturated heterocycles. The number of benzene rings is 2. The van der Waals surface area contributed by atoms with Gasteiger partial charge in [0.25, 0.3) is 5.91 Å². The first-order valence-corrected chi connectivity index (χ1v) is 9.07. The molecule has 2 aromatic carbocycles. The SMILES string of the molecule is COc1ccc(C2=NO[C@@H]3C(=O)N(c4ccc(OC(C)=O)cc4)C(=O)[C@@H]23)c(OC)c1. The largest absolute Gasteiger partial charge is 0.497 e. The maximum atomic E-state index is 13.2. The van der Waals surface area contributed by atoms with Crippen molar-refractivity contribution in [2.75, 3.05) is 19.1 Å². The Morgan fingerprint density at radius 2 is 1.70 bits per heavy atom. The minimum Gasteiger partial charge on any atom is -0.497 e. The van der Waals surface area contributed by atoms with Gasteiger partial charge in [0.15, 0.2) is 0 Å². The number of ether oxygens (including phenoxy) is 3. The number of imide groups is 1. The number of fused-ring (bicyclic) bond motifs is 1. The fourth-order valence-corrected chi connectivity index (χ4v) is 3.49. The minimum atomic E-state index is -1.05. The summed E-state index contributed by atoms with van der Waals surface area (Å²) in [6.45, 7) is 1.29. The zero-order chi connectivity index (χ0) is 21.4. The molecule has 30 heavy (non-hydrogen) atoms. The molecule has 0 aliphatic carbocycles. The highest BCUT2D eigenvalue weighted by Crippen LogP contribution is 2.38. The first-order valence-electron chi connectivity index (χ1n) is 9.07. The van der Waals surface area contributed by atoms with E-state index < -0.39 is 29.8 Å². The highest BCUT2D eigenvalue weighted by molar-refractivity contribution is 6.32. The Bertz CT molecular complexity index is 1060. The predicted molar refractivity (Wildman–Crippen MR) is 105 cm³/mol. The molecule has 2 amide bonds. The molecule has 1 fully saturated rings. The number of esters is 1. The van der Waals surface area contributed by atoms with Crippen molar-refractivity contribution in [1.82, 2.24) is 0 Å². The summed E-state index contributed by atoms with van der Waals surface area (Å²) in [5, 5.41) is 4.00. The van der Waals surface area contributed by atoms with Gasteiger partial charge in [0.05, 0.1) is 19.9 Å². The second kappa shape index (κ2) is 7.51. The lowest BCUT2D eigenvalue weighted by atomic mass is 9.93. The van der Waals surface area contributed by atoms with Crippen LogP contribution >= 0.6 is 0 Å². The molecule has 9 nitrogen and oxygen atoms in total. The Labute approximate surface area is 171 Å². The number of nitrogens with zero attached hydrogens (tertiary/aromatic N) is 2. The molecule has 154 valence electrons. The maximum Gasteiger partial charge on any atom is 0.308 e. The normalized spacial score (nSPS) is 19.8. The highest BCUT2D eigenvalue weighted by Gasteiger charge is 2.56. The lowest BCUT2D eigenvalue weighted by Crippen LogP contribution is -2.33. The maximum absolute atomic E-state index is 13.2. The van der Waals surface area contributed by atoms with Gasteiger partial charge in [0.2, 0.25) is 12.0 Å². The van der Waals surface area contributed by atoms with E-state index in [1.807, 2.05) is 0 Å². The summed E-state index contributed by atoms with van der Waals surface area (Å²) in [6.07, 6.45) is -1.05. The van der Waals surface area contributed by atoms with Crippen LogP contribution in [0.3, 0.4) is 0 Å². The predicted octanol–water partition coefficient (Wildman–Crippen LogP) is 1.92. The van der Waals surface area contributed by atoms with Crippen LogP contribution in [-0.4, -0.2) is 43.8 Å². The minimum absolute atomic E-state index is 0.312. The van der Waals surface area contributed by atoms with Crippen LogP contribution in [-0.2, 0) is 19.2 Å². The van der Waals surface area contributed by atoms with Crippen LogP contribution in [0, 0.1) is 5.92 Å². The number of rotatable bonds is 5. The van der Waals surface area contributed by atoms with Crippen molar-refractivity contribution < 1.29 is 33.4 Å². The van der Waals surface area contributed by atoms with E-state index in [-0.39, 0.29) is 0 Å². The van der Waals surface area contributed by atoms with E-state index >= 15 is 0 Å². The van der Waals surface area contributed by atoms with E-state index in [4.69, 9.17) is 19.0 Å². The summed E-state index contributed by atoms with van der Waals surface area (Å²) < 4.78 is 15.6. The third kappa shape index (κ3) is 3.14. The molecule has 0 aromatic heterocycles. The van der Waals surface area contributed by atoms with Gasteiger partial charge < -0.3 is 19.0 Å². The second-order valence-electron chi connectivity index (χ2n) is 6.65. The molecular weight excluding hydrogens is 392 g/mol. The van der Waals surface area contributed by atoms with Crippen molar-refractivity contribution in [2.24, 2.45) is 11.1 Å². The monoisotopic (exact) mass is 410 g/mol. The van der Waals surface area contributed by atoms with Gasteiger partial charge in [-0.1, -0.05) is 5.16 Å². The van der Waals surface area contributed by atoms with Crippen LogP contribution < -0.4 is 19.1 Å². The van der Waals surface area contributed by atoms with Crippen molar-refractivity contribution in [3.05, 3.63) is 48.0 Å². The summed E-state index contributed by atoms with van der Waals surface area (Å²) in [5.41, 5.74) is 1.20. The Morgan fingerprint density at radius 3 is 2.33 bits per heavy atom. The fraction of sp³-hybridized carbons (Fsp3) is 0.238. The van der Waals surface area contributed by atoms with E-state index in [9.17, 15) is 14.4 Å². The van der Waals surface area contributed by atoms with E-state index in [0.29, 0.717) is 34.2 Å². The molecular formula is C21H18N2O7. The molecule has 2 aromatic rings. The van der Waals surface area contributed by atoms with Gasteiger partial charge in [-0.25, -0.2) is 4.90 Å². The Morgan fingerprint density at radius 1 is 1.00 bits per heavy atom. The lowest BCUT2D eigenvalue weighted by molar-refractivity contribution is -0.132. The molecule has 2 aliphatic rings. The van der Waals surface area contributed by atoms with E-state index in [1.54, 1.807) is 18.2 Å². The Kier molecular flexibility index (Phi) is 4.86. The van der Waals surface area contributed by atoms with Crippen molar-refractivity contribution in [3.8, 4) is 17.2 Å². The smallest absolute Gasteiger partial charge is 0.308 e. The number of oxime groups is 1. The van der Waals surface area contributed by atoms with Crippen molar-refractivity contribution in [1.29, 1.82) is 0 Å². The summed E-state index contributed by atoms with van der Waals surface area (Å²) in [5.74, 6) is -0.999. The van der Waals surface area contributed by atoms with Crippen LogP contribution in [0.5, 0.6) is 17.2 Å². The Hall–Kier alpha value is -3.88. The van der Waals surface area contributed by atoms with Crippen LogP contribution in [0.15, 0.2) is 47.6 Å². The standard InChI is InChI=1S/C21H18N2O7/c1-11(24)29-13-6-4-12(5-7-13)23-20(25)17-18(22-30-19(17)21(23)26)15-9-8-14(27-2)10-16(15)28-3/h4-10,17,19H,1-3H3/t17-,19-/m0/s1. The summed E-state index contributed by atoms with van der Waals surface area (Å²) >= 11 is 0. The van der Waals surface area contributed by atoms with Crippen LogP contribution in [0.2, 0.25) is 0 Å². The van der Waals surface area contributed by atoms with Gasteiger partial charge >= 0.3 is 5.97 Å². The van der Waals surface area contributed by atoms with Crippen LogP contribution in [0.4, 0.5) is 5.69 Å². The summed E-state index contributed by atoms with van der Waals surface area (Å²) in [6, 6.07) is 11.1. The number of carbonyl (C=O) groups is 3. The number of amides is 2. The van der Waals surface area contributed by atoms with Gasteiger partial charge in [-0.05, 0) is 36.4 Å². The van der Waals surface area contributed by atoms with Gasteiger partial charge in [-0.3, -0.25) is 14.4 Å². The van der Waals surface area contributed by atoms with Gasteiger partial charge in [-0.2, -0.15) is 0 Å². The number of hydrogen-bond donors (Lipinski definition) is 0. The first-order chi connectivity index (χ1) is 14.4. The van der Waals surface area contributed by atoms with Crippen molar-refractivity contribution in [2.45, 2.75) is 13.0 Å². The molecule has 0 unspecified atom stereocenters. The quantitative estimate of drug-likeness (QED) is 0.421. The molecule has 9 heteroatoms. The number of anilines is 1. The van der Waals surface area contributed by atoms with Crippen molar-refractivity contribution in [3.63, 3.8) is 0 Å². The summed E-state index contributed by atoms with van der Waals surface area (Å²) in [4.78, 5) is 43.5. The van der Waals surface area contributed by atoms with Gasteiger partial charge in [0.1, 0.15) is 28.9 Å². The fourth-order valence-electron chi connectivity index (χ4n) is 3.49. The van der Waals surface area contributed by atoms with Crippen molar-refractivity contribution >= 4 is 29.2 Å². The molecule has 0 spiro atoms. The average molecular weight is 410 g/mol. The topological polar surface area (TPSA) is 104 Å². The zero-order valence-electron chi connectivity index (χ0n) is 16.4. The Balaban J connectivity index is 1.64. The third-order valence-corrected chi connectivity index (χ3v) is 4.85. The van der Waals surface area contributed by atoms with E-state index in [2.05, 4.69) is 5.16 Å². The van der Waals surface area contributed by atoms with Gasteiger partial charge in [0, 0.05) is 18.6 Å². The van der Waals surface area contributed by atoms with Gasteiger partial charge in [-0.15, -0.1) is 0 Å². The molecule has 2 aliphatic heterocycles. The van der Waals surface area contributed by atoms with Crippen LogP contribution in [0.25, 0.3) is 0 Å². The molecule has 4 rings (SSSR count). The average Bonchev–Trinajstić information content (AvgIpc) is 3.28. The number of carbonyl (C=O) groups excluding carboxylic acids is 3. The molecule has 0 radical (unpaired) electrons. The number of methoxy groups -OCH3 is 2. The summed E-state index contributed by atoms with van der Waals surface area (Å²) in [7, 11) is 3.02. The zero-order valence-corrected chi connectivity index (χ0v) is 16.4. The van der Waals surface area contributed by atoms with Crippen LogP contribution in [0.1, 0.15) is 12.5 Å². The molecule has 0 saturated carbocycles. The highest BCUT2D eigenvalue weighted by atomic mass is 16.7. The van der Waals surface area contributed by atoms with E-state index in [1.165, 1.54) is 45.4 Å². The third-order valence-electron chi connectivity index (χ3n) is 4.85. The first kappa shape index (κ1) is 19.4. The second-order valence-corrected chi connectivity index (χ2v) is 6.65. The van der Waals surface area contributed by atoms with E-state index in [0.717, 1.165) is 4.90 Å². The number of hydrogen-bond acceptors (Lipinski definition) is 8. The molecule has 2 heterocycles. The molecule has 2 atom stereocenters. The molecule has 0 bridgehead atoms. The lowest BCUT2D eigenvalue weighted by Gasteiger charge is -2.16. The molecule has 0 N–H and O–H groups in total.